The van der Waals surface area contributed by atoms with E-state index in [1.807, 2.05) is 36.5 Å². The number of alkyl halides is 2. The molecular weight excluding hydrogens is 338 g/mol. The number of nitrogens with two attached hydrogens (primary N) is 1. The van der Waals surface area contributed by atoms with Crippen molar-refractivity contribution in [2.24, 2.45) is 0 Å². The van der Waals surface area contributed by atoms with Crippen molar-refractivity contribution in [3.63, 3.8) is 0 Å². The number of anilines is 1. The Morgan fingerprint density at radius 2 is 1.79 bits per heavy atom. The second kappa shape index (κ2) is 8.61. The van der Waals surface area contributed by atoms with Gasteiger partial charge in [-0.05, 0) is 43.3 Å². The summed E-state index contributed by atoms with van der Waals surface area (Å²) < 4.78 is 28.4. The molecule has 0 heterocycles. The van der Waals surface area contributed by atoms with Crippen molar-refractivity contribution in [2.75, 3.05) is 11.9 Å². The summed E-state index contributed by atoms with van der Waals surface area (Å²) in [6.07, 6.45) is 0. The minimum atomic E-state index is -2.87. The molecule has 2 rings (SSSR count). The van der Waals surface area contributed by atoms with Gasteiger partial charge in [0.25, 0.3) is 5.91 Å². The molecule has 0 bridgehead atoms. The number of rotatable bonds is 7. The number of amides is 1. The van der Waals surface area contributed by atoms with Crippen molar-refractivity contribution < 1.29 is 23.6 Å². The molecule has 0 aromatic heterocycles. The van der Waals surface area contributed by atoms with Crippen molar-refractivity contribution in [2.45, 2.75) is 19.6 Å². The summed E-state index contributed by atoms with van der Waals surface area (Å²) in [5.41, 5.74) is 1.59. The quantitative estimate of drug-likeness (QED) is 0.801. The molecule has 7 heteroatoms. The Morgan fingerprint density at radius 1 is 1.17 bits per heavy atom. The van der Waals surface area contributed by atoms with E-state index in [-0.39, 0.29) is 24.2 Å². The molecule has 3 N–H and O–H groups in total. The Labute approximate surface area is 143 Å². The molecule has 2 aromatic carbocycles. The maximum absolute atomic E-state index is 12.1. The summed E-state index contributed by atoms with van der Waals surface area (Å²) in [7, 11) is 0. The van der Waals surface area contributed by atoms with Crippen molar-refractivity contribution >= 4 is 23.2 Å². The molecule has 0 radical (unpaired) electrons. The number of nitrogens with one attached hydrogen (secondary N) is 1. The monoisotopic (exact) mass is 355 g/mol. The maximum atomic E-state index is 12.1. The second-order valence-electron chi connectivity index (χ2n) is 5.23. The zero-order valence-electron chi connectivity index (χ0n) is 13.0. The third-order valence-electron chi connectivity index (χ3n) is 3.42. The first-order valence-corrected chi connectivity index (χ1v) is 7.75. The van der Waals surface area contributed by atoms with E-state index in [9.17, 15) is 13.6 Å². The minimum Gasteiger partial charge on any atom is -0.435 e. The molecule has 0 aliphatic rings. The first-order valence-electron chi connectivity index (χ1n) is 7.37. The Hall–Kier alpha value is -2.18. The molecule has 0 aliphatic carbocycles. The van der Waals surface area contributed by atoms with Gasteiger partial charge in [-0.1, -0.05) is 23.7 Å². The van der Waals surface area contributed by atoms with E-state index in [2.05, 4.69) is 10.1 Å². The summed E-state index contributed by atoms with van der Waals surface area (Å²) in [6, 6.07) is 13.3. The lowest BCUT2D eigenvalue weighted by Gasteiger charge is -2.11. The van der Waals surface area contributed by atoms with Crippen LogP contribution < -0.4 is 15.4 Å². The molecule has 128 valence electrons. The van der Waals surface area contributed by atoms with E-state index >= 15 is 0 Å². The van der Waals surface area contributed by atoms with Gasteiger partial charge in [0, 0.05) is 16.3 Å². The summed E-state index contributed by atoms with van der Waals surface area (Å²) in [5, 5.41) is 5.27. The van der Waals surface area contributed by atoms with Crippen LogP contribution in [0.2, 0.25) is 5.02 Å². The Balaban J connectivity index is 1.81. The van der Waals surface area contributed by atoms with E-state index in [0.29, 0.717) is 10.7 Å². The highest BCUT2D eigenvalue weighted by atomic mass is 35.5. The zero-order chi connectivity index (χ0) is 17.5. The summed E-state index contributed by atoms with van der Waals surface area (Å²) >= 11 is 5.85. The SMILES string of the molecule is C[C@H]([NH2+]CC(=O)Nc1ccc(OC(F)F)cc1)c1ccc(Cl)cc1. The first-order chi connectivity index (χ1) is 11.4. The van der Waals surface area contributed by atoms with E-state index in [1.165, 1.54) is 24.3 Å². The Kier molecular flexibility index (Phi) is 6.52. The van der Waals surface area contributed by atoms with Gasteiger partial charge in [0.1, 0.15) is 11.8 Å². The van der Waals surface area contributed by atoms with E-state index < -0.39 is 6.61 Å². The lowest BCUT2D eigenvalue weighted by molar-refractivity contribution is -0.682. The van der Waals surface area contributed by atoms with Crippen LogP contribution >= 0.6 is 11.6 Å². The molecule has 2 aromatic rings. The highest BCUT2D eigenvalue weighted by molar-refractivity contribution is 6.30. The topological polar surface area (TPSA) is 54.9 Å². The number of carbonyl (C=O) groups excluding carboxylic acids is 1. The average Bonchev–Trinajstić information content (AvgIpc) is 2.54. The molecule has 0 fully saturated rings. The van der Waals surface area contributed by atoms with Crippen LogP contribution in [-0.2, 0) is 4.79 Å². The Morgan fingerprint density at radius 3 is 2.38 bits per heavy atom. The van der Waals surface area contributed by atoms with Crippen LogP contribution in [0, 0.1) is 0 Å². The fourth-order valence-corrected chi connectivity index (χ4v) is 2.24. The van der Waals surface area contributed by atoms with E-state index in [1.54, 1.807) is 0 Å². The summed E-state index contributed by atoms with van der Waals surface area (Å²) in [6.45, 7) is -0.638. The fraction of sp³-hybridized carbons (Fsp3) is 0.235. The van der Waals surface area contributed by atoms with Crippen LogP contribution in [0.5, 0.6) is 5.75 Å². The van der Waals surface area contributed by atoms with Crippen LogP contribution in [0.25, 0.3) is 0 Å². The minimum absolute atomic E-state index is 0.0472. The van der Waals surface area contributed by atoms with Crippen LogP contribution in [0.1, 0.15) is 18.5 Å². The molecule has 0 unspecified atom stereocenters. The predicted octanol–water partition coefficient (Wildman–Crippen LogP) is 3.20. The third kappa shape index (κ3) is 5.79. The maximum Gasteiger partial charge on any atom is 0.387 e. The number of hydrogen-bond donors (Lipinski definition) is 2. The van der Waals surface area contributed by atoms with Gasteiger partial charge in [0.15, 0.2) is 6.54 Å². The van der Waals surface area contributed by atoms with Gasteiger partial charge in [0.05, 0.1) is 0 Å². The van der Waals surface area contributed by atoms with Gasteiger partial charge in [-0.3, -0.25) is 4.79 Å². The van der Waals surface area contributed by atoms with Crippen LogP contribution in [0.15, 0.2) is 48.5 Å². The molecule has 0 spiro atoms. The number of ether oxygens (including phenoxy) is 1. The fourth-order valence-electron chi connectivity index (χ4n) is 2.12. The number of halogens is 3. The standard InChI is InChI=1S/C17H17ClF2N2O2/c1-11(12-2-4-13(18)5-3-12)21-10-16(23)22-14-6-8-15(9-7-14)24-17(19)20/h2-9,11,17,21H,10H2,1H3,(H,22,23)/p+1/t11-/m0/s1. The molecule has 0 saturated heterocycles. The lowest BCUT2D eigenvalue weighted by atomic mass is 10.1. The summed E-state index contributed by atoms with van der Waals surface area (Å²) in [5.74, 6) is -0.135. The molecule has 24 heavy (non-hydrogen) atoms. The van der Waals surface area contributed by atoms with Crippen LogP contribution in [-0.4, -0.2) is 19.1 Å². The Bertz CT molecular complexity index is 663. The van der Waals surface area contributed by atoms with Gasteiger partial charge in [-0.2, -0.15) is 8.78 Å². The van der Waals surface area contributed by atoms with Gasteiger partial charge >= 0.3 is 6.61 Å². The number of quaternary nitrogens is 1. The van der Waals surface area contributed by atoms with Crippen molar-refractivity contribution in [3.05, 3.63) is 59.1 Å². The lowest BCUT2D eigenvalue weighted by Crippen LogP contribution is -2.86. The number of benzene rings is 2. The molecule has 0 aliphatic heterocycles. The number of carbonyl (C=O) groups is 1. The molecule has 4 nitrogen and oxygen atoms in total. The zero-order valence-corrected chi connectivity index (χ0v) is 13.8. The largest absolute Gasteiger partial charge is 0.435 e. The van der Waals surface area contributed by atoms with Crippen LogP contribution in [0.3, 0.4) is 0 Å². The van der Waals surface area contributed by atoms with Gasteiger partial charge in [-0.15, -0.1) is 0 Å². The first kappa shape index (κ1) is 18.2. The molecule has 1 amide bonds. The van der Waals surface area contributed by atoms with Crippen molar-refractivity contribution in [3.8, 4) is 5.75 Å². The van der Waals surface area contributed by atoms with Crippen molar-refractivity contribution in [1.82, 2.24) is 0 Å². The van der Waals surface area contributed by atoms with E-state index in [0.717, 1.165) is 5.56 Å². The van der Waals surface area contributed by atoms with Gasteiger partial charge < -0.3 is 15.4 Å². The molecule has 1 atom stereocenters. The van der Waals surface area contributed by atoms with Gasteiger partial charge in [-0.25, -0.2) is 0 Å². The predicted molar refractivity (Wildman–Crippen MR) is 88.4 cm³/mol. The average molecular weight is 356 g/mol. The highest BCUT2D eigenvalue weighted by Crippen LogP contribution is 2.17. The molecular formula is C17H18ClF2N2O2+. The third-order valence-corrected chi connectivity index (χ3v) is 3.67. The smallest absolute Gasteiger partial charge is 0.387 e. The molecule has 0 saturated carbocycles. The van der Waals surface area contributed by atoms with Crippen molar-refractivity contribution in [1.29, 1.82) is 0 Å². The second-order valence-corrected chi connectivity index (χ2v) is 5.67. The number of hydrogen-bond acceptors (Lipinski definition) is 2. The van der Waals surface area contributed by atoms with E-state index in [4.69, 9.17) is 11.6 Å². The summed E-state index contributed by atoms with van der Waals surface area (Å²) in [4.78, 5) is 12.0. The normalized spacial score (nSPS) is 12.0. The van der Waals surface area contributed by atoms with Gasteiger partial charge in [0.2, 0.25) is 0 Å². The highest BCUT2D eigenvalue weighted by Gasteiger charge is 2.12. The van der Waals surface area contributed by atoms with Crippen LogP contribution in [0.4, 0.5) is 14.5 Å².